The second kappa shape index (κ2) is 4.60. The van der Waals surface area contributed by atoms with Gasteiger partial charge in [0.25, 0.3) is 0 Å². The molecule has 0 unspecified atom stereocenters. The van der Waals surface area contributed by atoms with E-state index in [-0.39, 0.29) is 0 Å². The molecule has 0 saturated heterocycles. The number of nitrogens with zero attached hydrogens (tertiary/aromatic N) is 4. The number of hydrogen-bond acceptors (Lipinski definition) is 3. The number of halogens is 2. The molecule has 0 atom stereocenters. The van der Waals surface area contributed by atoms with Crippen LogP contribution in [-0.2, 0) is 7.05 Å². The fourth-order valence-electron chi connectivity index (χ4n) is 2.01. The van der Waals surface area contributed by atoms with Crippen LogP contribution in [0.4, 0.5) is 4.79 Å². The molecule has 2 heterocycles. The number of aromatic nitrogens is 4. The number of carbonyl (C=O) groups is 1. The van der Waals surface area contributed by atoms with Crippen LogP contribution in [-0.4, -0.2) is 30.8 Å². The average molecular weight is 356 g/mol. The fraction of sp³-hybridized carbons (Fsp3) is 0.0833. The molecule has 6 nitrogen and oxygen atoms in total. The zero-order chi connectivity index (χ0) is 14.4. The van der Waals surface area contributed by atoms with Gasteiger partial charge in [-0.15, -0.1) is 0 Å². The third-order valence-electron chi connectivity index (χ3n) is 2.88. The van der Waals surface area contributed by atoms with E-state index in [2.05, 4.69) is 26.1 Å². The van der Waals surface area contributed by atoms with Crippen molar-refractivity contribution in [2.24, 2.45) is 7.05 Å². The van der Waals surface area contributed by atoms with E-state index in [0.717, 1.165) is 10.2 Å². The molecule has 20 heavy (non-hydrogen) atoms. The first kappa shape index (κ1) is 13.1. The number of carboxylic acid groups (broad SMARTS) is 1. The fourth-order valence-corrected chi connectivity index (χ4v) is 2.51. The minimum Gasteiger partial charge on any atom is -0.463 e. The maximum atomic E-state index is 11.3. The van der Waals surface area contributed by atoms with E-state index in [1.54, 1.807) is 36.3 Å². The zero-order valence-corrected chi connectivity index (χ0v) is 12.6. The minimum atomic E-state index is -1.15. The summed E-state index contributed by atoms with van der Waals surface area (Å²) in [6.07, 6.45) is 2.24. The molecule has 0 aliphatic rings. The van der Waals surface area contributed by atoms with Crippen LogP contribution in [0.2, 0.25) is 5.02 Å². The van der Waals surface area contributed by atoms with Crippen molar-refractivity contribution in [3.05, 3.63) is 34.0 Å². The van der Waals surface area contributed by atoms with Gasteiger partial charge in [0, 0.05) is 28.7 Å². The first-order valence-corrected chi connectivity index (χ1v) is 6.74. The second-order valence-electron chi connectivity index (χ2n) is 4.23. The first-order chi connectivity index (χ1) is 9.47. The van der Waals surface area contributed by atoms with Gasteiger partial charge in [-0.05, 0) is 28.1 Å². The molecule has 3 aromatic rings. The third kappa shape index (κ3) is 1.99. The van der Waals surface area contributed by atoms with Crippen LogP contribution in [0.5, 0.6) is 0 Å². The maximum Gasteiger partial charge on any atom is 0.432 e. The van der Waals surface area contributed by atoms with Gasteiger partial charge < -0.3 is 5.11 Å². The van der Waals surface area contributed by atoms with Crippen molar-refractivity contribution in [1.29, 1.82) is 0 Å². The van der Waals surface area contributed by atoms with Gasteiger partial charge in [-0.25, -0.2) is 4.79 Å². The molecule has 0 bridgehead atoms. The Balaban J connectivity index is 2.38. The number of hydrogen-bond donors (Lipinski definition) is 1. The molecule has 0 spiro atoms. The molecule has 102 valence electrons. The highest BCUT2D eigenvalue weighted by Gasteiger charge is 2.18. The highest BCUT2D eigenvalue weighted by Crippen LogP contribution is 2.34. The third-order valence-corrected chi connectivity index (χ3v) is 4.08. The Labute approximate surface area is 126 Å². The second-order valence-corrected chi connectivity index (χ2v) is 5.49. The SMILES string of the molecule is Cn1cc(-c2nn(C(=O)O)c3cc(Br)c(Cl)cc23)cn1. The van der Waals surface area contributed by atoms with Crippen LogP contribution < -0.4 is 0 Å². The van der Waals surface area contributed by atoms with E-state index in [0.29, 0.717) is 26.1 Å². The van der Waals surface area contributed by atoms with Crippen molar-refractivity contribution in [2.75, 3.05) is 0 Å². The molecule has 0 amide bonds. The molecule has 0 fully saturated rings. The lowest BCUT2D eigenvalue weighted by Crippen LogP contribution is -2.09. The van der Waals surface area contributed by atoms with Crippen LogP contribution in [0.15, 0.2) is 29.0 Å². The summed E-state index contributed by atoms with van der Waals surface area (Å²) in [6.45, 7) is 0. The summed E-state index contributed by atoms with van der Waals surface area (Å²) in [5.74, 6) is 0. The Hall–Kier alpha value is -1.86. The predicted octanol–water partition coefficient (Wildman–Crippen LogP) is 3.38. The lowest BCUT2D eigenvalue weighted by atomic mass is 10.1. The van der Waals surface area contributed by atoms with Gasteiger partial charge in [0.1, 0.15) is 5.69 Å². The maximum absolute atomic E-state index is 11.3. The monoisotopic (exact) mass is 354 g/mol. The van der Waals surface area contributed by atoms with E-state index in [9.17, 15) is 9.90 Å². The van der Waals surface area contributed by atoms with Crippen LogP contribution in [0, 0.1) is 0 Å². The van der Waals surface area contributed by atoms with Gasteiger partial charge >= 0.3 is 6.09 Å². The molecule has 1 aromatic carbocycles. The van der Waals surface area contributed by atoms with Gasteiger partial charge in [-0.2, -0.15) is 14.9 Å². The van der Waals surface area contributed by atoms with Crippen molar-refractivity contribution in [3.8, 4) is 11.3 Å². The van der Waals surface area contributed by atoms with Crippen molar-refractivity contribution in [3.63, 3.8) is 0 Å². The van der Waals surface area contributed by atoms with Gasteiger partial charge in [-0.3, -0.25) is 4.68 Å². The lowest BCUT2D eigenvalue weighted by Gasteiger charge is -1.98. The minimum absolute atomic E-state index is 0.465. The molecule has 0 radical (unpaired) electrons. The quantitative estimate of drug-likeness (QED) is 0.726. The van der Waals surface area contributed by atoms with Gasteiger partial charge in [-0.1, -0.05) is 11.6 Å². The number of rotatable bonds is 1. The summed E-state index contributed by atoms with van der Waals surface area (Å²) in [6, 6.07) is 3.33. The van der Waals surface area contributed by atoms with Crippen molar-refractivity contribution in [2.45, 2.75) is 0 Å². The van der Waals surface area contributed by atoms with E-state index in [1.165, 1.54) is 0 Å². The molecule has 0 aliphatic carbocycles. The zero-order valence-electron chi connectivity index (χ0n) is 10.2. The Bertz CT molecular complexity index is 839. The highest BCUT2D eigenvalue weighted by atomic mass is 79.9. The molecular weight excluding hydrogens is 348 g/mol. The van der Waals surface area contributed by atoms with Crippen LogP contribution >= 0.6 is 27.5 Å². The van der Waals surface area contributed by atoms with E-state index >= 15 is 0 Å². The van der Waals surface area contributed by atoms with E-state index < -0.39 is 6.09 Å². The van der Waals surface area contributed by atoms with Crippen LogP contribution in [0.25, 0.3) is 22.2 Å². The predicted molar refractivity (Wildman–Crippen MR) is 78.1 cm³/mol. The summed E-state index contributed by atoms with van der Waals surface area (Å²) in [5, 5.41) is 18.6. The molecule has 8 heteroatoms. The topological polar surface area (TPSA) is 72.9 Å². The number of benzene rings is 1. The van der Waals surface area contributed by atoms with Gasteiger partial charge in [0.15, 0.2) is 0 Å². The van der Waals surface area contributed by atoms with Crippen molar-refractivity contribution >= 4 is 44.5 Å². The Morgan fingerprint density at radius 2 is 2.20 bits per heavy atom. The Morgan fingerprint density at radius 3 is 2.80 bits per heavy atom. The van der Waals surface area contributed by atoms with E-state index in [1.807, 2.05) is 0 Å². The lowest BCUT2D eigenvalue weighted by molar-refractivity contribution is 0.194. The van der Waals surface area contributed by atoms with Crippen molar-refractivity contribution in [1.82, 2.24) is 19.6 Å². The number of fused-ring (bicyclic) bond motifs is 1. The molecule has 2 aromatic heterocycles. The summed E-state index contributed by atoms with van der Waals surface area (Å²) in [4.78, 5) is 11.3. The standard InChI is InChI=1S/C12H8BrClN4O2/c1-17-5-6(4-15-17)11-7-2-9(14)8(13)3-10(7)18(16-11)12(19)20/h2-5H,1H3,(H,19,20). The van der Waals surface area contributed by atoms with E-state index in [4.69, 9.17) is 11.6 Å². The normalized spacial score (nSPS) is 11.2. The molecule has 3 rings (SSSR count). The summed E-state index contributed by atoms with van der Waals surface area (Å²) in [7, 11) is 1.78. The van der Waals surface area contributed by atoms with Gasteiger partial charge in [0.2, 0.25) is 0 Å². The van der Waals surface area contributed by atoms with Crippen LogP contribution in [0.1, 0.15) is 0 Å². The molecule has 1 N–H and O–H groups in total. The van der Waals surface area contributed by atoms with Crippen LogP contribution in [0.3, 0.4) is 0 Å². The summed E-state index contributed by atoms with van der Waals surface area (Å²) >= 11 is 9.38. The average Bonchev–Trinajstić information content (AvgIpc) is 2.94. The molecule has 0 saturated carbocycles. The Morgan fingerprint density at radius 1 is 1.45 bits per heavy atom. The molecular formula is C12H8BrClN4O2. The largest absolute Gasteiger partial charge is 0.463 e. The molecule has 0 aliphatic heterocycles. The van der Waals surface area contributed by atoms with Crippen molar-refractivity contribution < 1.29 is 9.90 Å². The highest BCUT2D eigenvalue weighted by molar-refractivity contribution is 9.10. The van der Waals surface area contributed by atoms with Gasteiger partial charge in [0.05, 0.1) is 16.7 Å². The smallest absolute Gasteiger partial charge is 0.432 e. The number of aryl methyl sites for hydroxylation is 1. The Kier molecular flexibility index (Phi) is 3.02. The first-order valence-electron chi connectivity index (χ1n) is 5.57. The summed E-state index contributed by atoms with van der Waals surface area (Å²) in [5.41, 5.74) is 1.73. The summed E-state index contributed by atoms with van der Waals surface area (Å²) < 4.78 is 3.17.